The minimum Gasteiger partial charge on any atom is -0.327 e. The molecule has 4 N–H and O–H groups in total. The van der Waals surface area contributed by atoms with Gasteiger partial charge in [0, 0.05) is 12.5 Å². The topological polar surface area (TPSA) is 83.8 Å². The average molecular weight is 218 g/mol. The van der Waals surface area contributed by atoms with Gasteiger partial charge in [-0.2, -0.15) is 0 Å². The summed E-state index contributed by atoms with van der Waals surface area (Å²) in [7, 11) is 0. The number of aromatic amines is 1. The summed E-state index contributed by atoms with van der Waals surface area (Å²) in [6.07, 6.45) is 0.289. The zero-order chi connectivity index (χ0) is 11.5. The molecule has 1 amide bonds. The highest BCUT2D eigenvalue weighted by molar-refractivity contribution is 5.91. The lowest BCUT2D eigenvalue weighted by molar-refractivity contribution is -0.116. The first kappa shape index (κ1) is 10.6. The smallest absolute Gasteiger partial charge is 0.228 e. The first-order valence-electron chi connectivity index (χ1n) is 5.15. The number of para-hydroxylation sites is 2. The summed E-state index contributed by atoms with van der Waals surface area (Å²) in [6, 6.07) is 7.45. The lowest BCUT2D eigenvalue weighted by Crippen LogP contribution is -2.24. The van der Waals surface area contributed by atoms with Gasteiger partial charge in [-0.15, -0.1) is 0 Å². The van der Waals surface area contributed by atoms with Gasteiger partial charge in [-0.3, -0.25) is 10.1 Å². The molecule has 0 fully saturated rings. The Bertz CT molecular complexity index is 470. The van der Waals surface area contributed by atoms with E-state index in [1.807, 2.05) is 24.3 Å². The van der Waals surface area contributed by atoms with Gasteiger partial charge in [-0.05, 0) is 19.1 Å². The molecule has 84 valence electrons. The van der Waals surface area contributed by atoms with Crippen LogP contribution in [0.25, 0.3) is 11.0 Å². The van der Waals surface area contributed by atoms with Gasteiger partial charge < -0.3 is 10.7 Å². The second-order valence-corrected chi connectivity index (χ2v) is 3.83. The molecule has 0 saturated heterocycles. The van der Waals surface area contributed by atoms with Gasteiger partial charge in [0.25, 0.3) is 0 Å². The molecular weight excluding hydrogens is 204 g/mol. The van der Waals surface area contributed by atoms with Gasteiger partial charge in [0.15, 0.2) is 0 Å². The Balaban J connectivity index is 2.12. The van der Waals surface area contributed by atoms with Crippen LogP contribution in [0.15, 0.2) is 24.3 Å². The van der Waals surface area contributed by atoms with Crippen LogP contribution in [0.3, 0.4) is 0 Å². The van der Waals surface area contributed by atoms with E-state index in [-0.39, 0.29) is 18.4 Å². The third-order valence-corrected chi connectivity index (χ3v) is 2.15. The van der Waals surface area contributed by atoms with E-state index in [1.54, 1.807) is 6.92 Å². The molecule has 2 aromatic rings. The maximum absolute atomic E-state index is 11.4. The van der Waals surface area contributed by atoms with Crippen LogP contribution in [-0.4, -0.2) is 21.9 Å². The number of carbonyl (C=O) groups excluding carboxylic acids is 1. The minimum absolute atomic E-state index is 0.131. The Morgan fingerprint density at radius 3 is 3.00 bits per heavy atom. The molecule has 1 heterocycles. The molecule has 1 atom stereocenters. The third kappa shape index (κ3) is 2.38. The summed E-state index contributed by atoms with van der Waals surface area (Å²) < 4.78 is 0. The lowest BCUT2D eigenvalue weighted by Gasteiger charge is -2.03. The van der Waals surface area contributed by atoms with E-state index in [4.69, 9.17) is 5.73 Å². The fraction of sp³-hybridized carbons (Fsp3) is 0.273. The number of nitrogens with zero attached hydrogens (tertiary/aromatic N) is 1. The van der Waals surface area contributed by atoms with E-state index in [0.29, 0.717) is 5.95 Å². The predicted octanol–water partition coefficient (Wildman–Crippen LogP) is 1.24. The molecule has 0 radical (unpaired) electrons. The van der Waals surface area contributed by atoms with Crippen molar-refractivity contribution >= 4 is 22.9 Å². The number of imidazole rings is 1. The van der Waals surface area contributed by atoms with Crippen molar-refractivity contribution in [3.05, 3.63) is 24.3 Å². The van der Waals surface area contributed by atoms with Crippen molar-refractivity contribution in [2.24, 2.45) is 5.73 Å². The number of nitrogens with one attached hydrogen (secondary N) is 2. The van der Waals surface area contributed by atoms with Crippen molar-refractivity contribution in [2.45, 2.75) is 19.4 Å². The van der Waals surface area contributed by atoms with E-state index in [0.717, 1.165) is 11.0 Å². The highest BCUT2D eigenvalue weighted by atomic mass is 16.1. The first-order valence-corrected chi connectivity index (χ1v) is 5.15. The highest BCUT2D eigenvalue weighted by Crippen LogP contribution is 2.13. The summed E-state index contributed by atoms with van der Waals surface area (Å²) in [6.45, 7) is 1.79. The van der Waals surface area contributed by atoms with E-state index in [2.05, 4.69) is 15.3 Å². The molecule has 16 heavy (non-hydrogen) atoms. The molecule has 0 aliphatic rings. The Morgan fingerprint density at radius 2 is 2.31 bits per heavy atom. The highest BCUT2D eigenvalue weighted by Gasteiger charge is 2.08. The van der Waals surface area contributed by atoms with E-state index < -0.39 is 0 Å². The number of rotatable bonds is 3. The fourth-order valence-electron chi connectivity index (χ4n) is 1.49. The average Bonchev–Trinajstić information content (AvgIpc) is 2.57. The Kier molecular flexibility index (Phi) is 2.87. The molecule has 0 saturated carbocycles. The molecular formula is C11H14N4O. The quantitative estimate of drug-likeness (QED) is 0.724. The second-order valence-electron chi connectivity index (χ2n) is 3.83. The SMILES string of the molecule is CC(N)CC(=O)Nc1nc2ccccc2[nH]1. The van der Waals surface area contributed by atoms with Gasteiger partial charge in [0.1, 0.15) is 0 Å². The maximum atomic E-state index is 11.4. The summed E-state index contributed by atoms with van der Waals surface area (Å²) in [5, 5.41) is 2.68. The van der Waals surface area contributed by atoms with Crippen molar-refractivity contribution < 1.29 is 4.79 Å². The van der Waals surface area contributed by atoms with Gasteiger partial charge in [0.05, 0.1) is 11.0 Å². The Morgan fingerprint density at radius 1 is 1.56 bits per heavy atom. The molecule has 0 aliphatic carbocycles. The lowest BCUT2D eigenvalue weighted by atomic mass is 10.2. The van der Waals surface area contributed by atoms with E-state index in [1.165, 1.54) is 0 Å². The summed E-state index contributed by atoms with van der Waals surface area (Å²) in [5.74, 6) is 0.334. The van der Waals surface area contributed by atoms with Crippen LogP contribution in [-0.2, 0) is 4.79 Å². The van der Waals surface area contributed by atoms with Crippen molar-refractivity contribution in [3.8, 4) is 0 Å². The number of nitrogens with two attached hydrogens (primary N) is 1. The normalized spacial score (nSPS) is 12.6. The predicted molar refractivity (Wildman–Crippen MR) is 63.0 cm³/mol. The number of fused-ring (bicyclic) bond motifs is 1. The van der Waals surface area contributed by atoms with Crippen LogP contribution in [0, 0.1) is 0 Å². The number of aromatic nitrogens is 2. The van der Waals surface area contributed by atoms with Crippen molar-refractivity contribution in [1.82, 2.24) is 9.97 Å². The monoisotopic (exact) mass is 218 g/mol. The number of anilines is 1. The zero-order valence-electron chi connectivity index (χ0n) is 9.03. The molecule has 5 nitrogen and oxygen atoms in total. The van der Waals surface area contributed by atoms with Crippen LogP contribution >= 0.6 is 0 Å². The van der Waals surface area contributed by atoms with Crippen molar-refractivity contribution in [1.29, 1.82) is 0 Å². The minimum atomic E-state index is -0.149. The van der Waals surface area contributed by atoms with Gasteiger partial charge in [-0.25, -0.2) is 4.98 Å². The molecule has 0 aliphatic heterocycles. The summed E-state index contributed by atoms with van der Waals surface area (Å²) >= 11 is 0. The molecule has 0 bridgehead atoms. The first-order chi connectivity index (χ1) is 7.65. The molecule has 2 rings (SSSR count). The molecule has 1 unspecified atom stereocenters. The molecule has 0 spiro atoms. The zero-order valence-corrected chi connectivity index (χ0v) is 9.03. The number of benzene rings is 1. The Hall–Kier alpha value is -1.88. The largest absolute Gasteiger partial charge is 0.327 e. The van der Waals surface area contributed by atoms with Crippen molar-refractivity contribution in [2.75, 3.05) is 5.32 Å². The van der Waals surface area contributed by atoms with Crippen LogP contribution in [0.2, 0.25) is 0 Å². The van der Waals surface area contributed by atoms with E-state index >= 15 is 0 Å². The number of amides is 1. The number of hydrogen-bond acceptors (Lipinski definition) is 3. The number of carbonyl (C=O) groups is 1. The summed E-state index contributed by atoms with van der Waals surface area (Å²) in [5.41, 5.74) is 7.26. The molecule has 5 heteroatoms. The maximum Gasteiger partial charge on any atom is 0.228 e. The van der Waals surface area contributed by atoms with Crippen molar-refractivity contribution in [3.63, 3.8) is 0 Å². The second kappa shape index (κ2) is 4.32. The van der Waals surface area contributed by atoms with Crippen LogP contribution in [0.4, 0.5) is 5.95 Å². The molecule has 1 aromatic carbocycles. The molecule has 1 aromatic heterocycles. The fourth-order valence-corrected chi connectivity index (χ4v) is 1.49. The summed E-state index contributed by atoms with van der Waals surface area (Å²) in [4.78, 5) is 18.7. The Labute approximate surface area is 93.1 Å². The van der Waals surface area contributed by atoms with Gasteiger partial charge >= 0.3 is 0 Å². The van der Waals surface area contributed by atoms with Crippen LogP contribution in [0.5, 0.6) is 0 Å². The van der Waals surface area contributed by atoms with Crippen LogP contribution in [0.1, 0.15) is 13.3 Å². The van der Waals surface area contributed by atoms with Crippen LogP contribution < -0.4 is 11.1 Å². The van der Waals surface area contributed by atoms with Gasteiger partial charge in [-0.1, -0.05) is 12.1 Å². The standard InChI is InChI=1S/C11H14N4O/c1-7(12)6-10(16)15-11-13-8-4-2-3-5-9(8)14-11/h2-5,7H,6,12H2,1H3,(H2,13,14,15,16). The number of hydrogen-bond donors (Lipinski definition) is 3. The number of H-pyrrole nitrogens is 1. The van der Waals surface area contributed by atoms with Gasteiger partial charge in [0.2, 0.25) is 11.9 Å². The third-order valence-electron chi connectivity index (χ3n) is 2.15. The van der Waals surface area contributed by atoms with E-state index in [9.17, 15) is 4.79 Å².